The fourth-order valence-electron chi connectivity index (χ4n) is 2.77. The number of nitrogens with zero attached hydrogens (tertiary/aromatic N) is 3. The summed E-state index contributed by atoms with van der Waals surface area (Å²) in [7, 11) is 2.04. The second kappa shape index (κ2) is 5.18. The Morgan fingerprint density at radius 3 is 2.64 bits per heavy atom. The Bertz CT molecular complexity index is 852. The molecule has 3 aromatic rings. The van der Waals surface area contributed by atoms with Crippen LogP contribution in [0.3, 0.4) is 0 Å². The van der Waals surface area contributed by atoms with Crippen LogP contribution in [0.1, 0.15) is 11.3 Å². The molecule has 112 valence electrons. The Kier molecular flexibility index (Phi) is 3.33. The lowest BCUT2D eigenvalue weighted by Gasteiger charge is -2.20. The highest BCUT2D eigenvalue weighted by atomic mass is 16.2. The molecule has 2 aromatic heterocycles. The number of rotatable bonds is 2. The number of benzene rings is 1. The van der Waals surface area contributed by atoms with Gasteiger partial charge in [0.2, 0.25) is 0 Å². The van der Waals surface area contributed by atoms with Crippen molar-refractivity contribution in [2.45, 2.75) is 13.8 Å². The lowest BCUT2D eigenvalue weighted by molar-refractivity contribution is 0.256. The number of hydrogen-bond donors (Lipinski definition) is 1. The third kappa shape index (κ3) is 2.11. The first-order chi connectivity index (χ1) is 10.5. The highest BCUT2D eigenvalue weighted by molar-refractivity contribution is 6.00. The summed E-state index contributed by atoms with van der Waals surface area (Å²) in [5.41, 5.74) is 10.5. The van der Waals surface area contributed by atoms with Crippen molar-refractivity contribution < 1.29 is 4.79 Å². The van der Waals surface area contributed by atoms with E-state index >= 15 is 0 Å². The molecular weight excluding hydrogens is 276 g/mol. The number of carbonyl (C=O) groups excluding carboxylic acids is 1. The largest absolute Gasteiger partial charge is 0.351 e. The van der Waals surface area contributed by atoms with Crippen LogP contribution in [0.25, 0.3) is 10.9 Å². The maximum Gasteiger partial charge on any atom is 0.323 e. The molecule has 0 atom stereocenters. The molecule has 0 saturated heterocycles. The average molecular weight is 294 g/mol. The van der Waals surface area contributed by atoms with Crippen molar-refractivity contribution in [1.29, 1.82) is 0 Å². The van der Waals surface area contributed by atoms with E-state index in [-0.39, 0.29) is 0 Å². The molecule has 0 fully saturated rings. The van der Waals surface area contributed by atoms with Crippen molar-refractivity contribution in [1.82, 2.24) is 9.55 Å². The van der Waals surface area contributed by atoms with Gasteiger partial charge in [-0.2, -0.15) is 0 Å². The zero-order chi connectivity index (χ0) is 15.9. The molecule has 0 unspecified atom stereocenters. The molecule has 2 amide bonds. The van der Waals surface area contributed by atoms with E-state index in [1.54, 1.807) is 18.5 Å². The fourth-order valence-corrected chi connectivity index (χ4v) is 2.77. The molecule has 1 aromatic carbocycles. The number of primary amides is 1. The number of anilines is 2. The number of fused-ring (bicyclic) bond motifs is 1. The quantitative estimate of drug-likeness (QED) is 0.787. The molecule has 3 rings (SSSR count). The highest BCUT2D eigenvalue weighted by Gasteiger charge is 2.17. The Labute approximate surface area is 129 Å². The second-order valence-corrected chi connectivity index (χ2v) is 5.36. The molecule has 2 heterocycles. The molecule has 0 aliphatic carbocycles. The van der Waals surface area contributed by atoms with Crippen molar-refractivity contribution in [3.05, 3.63) is 54.0 Å². The van der Waals surface area contributed by atoms with Crippen LogP contribution < -0.4 is 10.6 Å². The Morgan fingerprint density at radius 1 is 1.23 bits per heavy atom. The lowest BCUT2D eigenvalue weighted by Crippen LogP contribution is -2.31. The Hall–Kier alpha value is -2.82. The summed E-state index contributed by atoms with van der Waals surface area (Å²) in [6.07, 6.45) is 3.29. The number of carbonyl (C=O) groups is 1. The molecule has 0 spiro atoms. The highest BCUT2D eigenvalue weighted by Crippen LogP contribution is 2.31. The SMILES string of the molecule is Cc1c(C)n(C)c2ccc(N(C(N)=O)c3cccnc3)cc12. The molecule has 2 N–H and O–H groups in total. The smallest absolute Gasteiger partial charge is 0.323 e. The number of urea groups is 1. The molecule has 0 aliphatic heterocycles. The van der Waals surface area contributed by atoms with Gasteiger partial charge in [0.25, 0.3) is 0 Å². The summed E-state index contributed by atoms with van der Waals surface area (Å²) in [6.45, 7) is 4.17. The standard InChI is InChI=1S/C17H18N4O/c1-11-12(2)20(3)16-7-6-13(9-15(11)16)21(17(18)22)14-5-4-8-19-10-14/h4-10H,1-3H3,(H2,18,22). The van der Waals surface area contributed by atoms with E-state index in [1.165, 1.54) is 16.2 Å². The van der Waals surface area contributed by atoms with E-state index in [1.807, 2.05) is 31.3 Å². The number of nitrogens with two attached hydrogens (primary N) is 1. The van der Waals surface area contributed by atoms with Crippen molar-refractivity contribution in [2.75, 3.05) is 4.90 Å². The van der Waals surface area contributed by atoms with E-state index < -0.39 is 6.03 Å². The number of hydrogen-bond acceptors (Lipinski definition) is 2. The second-order valence-electron chi connectivity index (χ2n) is 5.36. The van der Waals surface area contributed by atoms with E-state index in [2.05, 4.69) is 23.4 Å². The summed E-state index contributed by atoms with van der Waals surface area (Å²) in [5, 5.41) is 1.12. The van der Waals surface area contributed by atoms with Crippen LogP contribution in [0.4, 0.5) is 16.2 Å². The van der Waals surface area contributed by atoms with Gasteiger partial charge in [-0.3, -0.25) is 9.88 Å². The van der Waals surface area contributed by atoms with Gasteiger partial charge < -0.3 is 10.3 Å². The normalized spacial score (nSPS) is 10.9. The Balaban J connectivity index is 2.19. The Morgan fingerprint density at radius 2 is 2.00 bits per heavy atom. The number of aromatic nitrogens is 2. The minimum Gasteiger partial charge on any atom is -0.351 e. The van der Waals surface area contributed by atoms with E-state index in [0.717, 1.165) is 16.6 Å². The minimum absolute atomic E-state index is 0.530. The lowest BCUT2D eigenvalue weighted by atomic mass is 10.1. The van der Waals surface area contributed by atoms with E-state index in [4.69, 9.17) is 5.73 Å². The summed E-state index contributed by atoms with van der Waals surface area (Å²) in [6, 6.07) is 8.97. The van der Waals surface area contributed by atoms with E-state index in [9.17, 15) is 4.79 Å². The van der Waals surface area contributed by atoms with Crippen molar-refractivity contribution >= 4 is 28.3 Å². The van der Waals surface area contributed by atoms with Crippen LogP contribution in [-0.2, 0) is 7.05 Å². The molecule has 22 heavy (non-hydrogen) atoms. The minimum atomic E-state index is -0.530. The summed E-state index contributed by atoms with van der Waals surface area (Å²) in [4.78, 5) is 17.4. The van der Waals surface area contributed by atoms with Crippen LogP contribution in [0, 0.1) is 13.8 Å². The molecule has 5 heteroatoms. The topological polar surface area (TPSA) is 64.2 Å². The first-order valence-corrected chi connectivity index (χ1v) is 7.06. The zero-order valence-electron chi connectivity index (χ0n) is 12.9. The molecule has 5 nitrogen and oxygen atoms in total. The van der Waals surface area contributed by atoms with Crippen LogP contribution in [-0.4, -0.2) is 15.6 Å². The first kappa shape index (κ1) is 14.1. The predicted octanol–water partition coefficient (Wildman–Crippen LogP) is 3.41. The van der Waals surface area contributed by atoms with Crippen molar-refractivity contribution in [3.8, 4) is 0 Å². The fraction of sp³-hybridized carbons (Fsp3) is 0.176. The summed E-state index contributed by atoms with van der Waals surface area (Å²) in [5.74, 6) is 0. The van der Waals surface area contributed by atoms with Crippen LogP contribution in [0.15, 0.2) is 42.7 Å². The van der Waals surface area contributed by atoms with Gasteiger partial charge in [0.05, 0.1) is 17.6 Å². The van der Waals surface area contributed by atoms with Gasteiger partial charge in [-0.15, -0.1) is 0 Å². The number of pyridine rings is 1. The van der Waals surface area contributed by atoms with E-state index in [0.29, 0.717) is 5.69 Å². The van der Waals surface area contributed by atoms with Crippen LogP contribution >= 0.6 is 0 Å². The van der Waals surface area contributed by atoms with Gasteiger partial charge in [0.15, 0.2) is 0 Å². The maximum atomic E-state index is 11.9. The van der Waals surface area contributed by atoms with Gasteiger partial charge >= 0.3 is 6.03 Å². The predicted molar refractivity (Wildman–Crippen MR) is 88.4 cm³/mol. The molecule has 0 bridgehead atoms. The molecule has 0 saturated carbocycles. The third-order valence-electron chi connectivity index (χ3n) is 4.17. The third-order valence-corrected chi connectivity index (χ3v) is 4.17. The molecule has 0 aliphatic rings. The maximum absolute atomic E-state index is 11.9. The van der Waals surface area contributed by atoms with Crippen molar-refractivity contribution in [3.63, 3.8) is 0 Å². The monoisotopic (exact) mass is 294 g/mol. The molecular formula is C17H18N4O. The first-order valence-electron chi connectivity index (χ1n) is 7.06. The van der Waals surface area contributed by atoms with Crippen LogP contribution in [0.5, 0.6) is 0 Å². The van der Waals surface area contributed by atoms with Crippen molar-refractivity contribution in [2.24, 2.45) is 12.8 Å². The van der Waals surface area contributed by atoms with Gasteiger partial charge in [0.1, 0.15) is 0 Å². The van der Waals surface area contributed by atoms with Gasteiger partial charge in [-0.25, -0.2) is 4.79 Å². The van der Waals surface area contributed by atoms with Gasteiger partial charge in [-0.05, 0) is 49.7 Å². The molecule has 0 radical (unpaired) electrons. The summed E-state index contributed by atoms with van der Waals surface area (Å²) >= 11 is 0. The average Bonchev–Trinajstić information content (AvgIpc) is 2.73. The van der Waals surface area contributed by atoms with Gasteiger partial charge in [0, 0.05) is 29.8 Å². The van der Waals surface area contributed by atoms with Gasteiger partial charge in [-0.1, -0.05) is 0 Å². The summed E-state index contributed by atoms with van der Waals surface area (Å²) < 4.78 is 2.15. The van der Waals surface area contributed by atoms with Crippen LogP contribution in [0.2, 0.25) is 0 Å². The number of aryl methyl sites for hydroxylation is 2. The number of amides is 2. The zero-order valence-corrected chi connectivity index (χ0v) is 12.9.